The van der Waals surface area contributed by atoms with E-state index < -0.39 is 0 Å². The highest BCUT2D eigenvalue weighted by atomic mass is 35.5. The Labute approximate surface area is 147 Å². The fourth-order valence-corrected chi connectivity index (χ4v) is 2.63. The first-order chi connectivity index (χ1) is 11.4. The van der Waals surface area contributed by atoms with Crippen LogP contribution in [0.15, 0.2) is 24.4 Å². The zero-order valence-electron chi connectivity index (χ0n) is 14.4. The van der Waals surface area contributed by atoms with Crippen molar-refractivity contribution in [2.24, 2.45) is 0 Å². The average molecular weight is 351 g/mol. The third-order valence-electron chi connectivity index (χ3n) is 3.76. The fraction of sp³-hybridized carbons (Fsp3) is 0.412. The first-order valence-corrected chi connectivity index (χ1v) is 8.18. The lowest BCUT2D eigenvalue weighted by molar-refractivity contribution is 0.201. The summed E-state index contributed by atoms with van der Waals surface area (Å²) in [6, 6.07) is 5.02. The molecule has 130 valence electrons. The molecule has 0 bridgehead atoms. The number of ether oxygens (including phenoxy) is 1. The molecule has 0 saturated heterocycles. The summed E-state index contributed by atoms with van der Waals surface area (Å²) in [5.74, 6) is 1.46. The van der Waals surface area contributed by atoms with E-state index in [1.807, 2.05) is 13.8 Å². The Morgan fingerprint density at radius 2 is 2.25 bits per heavy atom. The van der Waals surface area contributed by atoms with Gasteiger partial charge in [0.05, 0.1) is 19.7 Å². The molecule has 0 radical (unpaired) electrons. The first-order valence-electron chi connectivity index (χ1n) is 7.80. The minimum Gasteiger partial charge on any atom is -0.496 e. The number of aromatic nitrogens is 2. The van der Waals surface area contributed by atoms with Crippen molar-refractivity contribution in [2.75, 3.05) is 14.2 Å². The van der Waals surface area contributed by atoms with Crippen molar-refractivity contribution in [1.29, 1.82) is 0 Å². The van der Waals surface area contributed by atoms with Crippen molar-refractivity contribution >= 4 is 17.6 Å². The van der Waals surface area contributed by atoms with Crippen LogP contribution in [0.25, 0.3) is 0 Å². The molecule has 7 heteroatoms. The number of benzene rings is 1. The number of halogens is 1. The number of amides is 2. The zero-order chi connectivity index (χ0) is 17.7. The van der Waals surface area contributed by atoms with Crippen LogP contribution < -0.4 is 10.1 Å². The van der Waals surface area contributed by atoms with Crippen LogP contribution in [0.5, 0.6) is 5.75 Å². The number of hydrogen-bond acceptors (Lipinski definition) is 3. The highest BCUT2D eigenvalue weighted by Crippen LogP contribution is 2.24. The summed E-state index contributed by atoms with van der Waals surface area (Å²) in [4.78, 5) is 21.5. The Morgan fingerprint density at radius 3 is 2.83 bits per heavy atom. The number of urea groups is 1. The number of hydrogen-bond donors (Lipinski definition) is 2. The Balaban J connectivity index is 2.05. The second kappa shape index (κ2) is 8.06. The molecule has 0 aliphatic rings. The van der Waals surface area contributed by atoms with Crippen LogP contribution >= 0.6 is 11.6 Å². The van der Waals surface area contributed by atoms with Crippen molar-refractivity contribution < 1.29 is 9.53 Å². The Kier molecular flexibility index (Phi) is 6.09. The van der Waals surface area contributed by atoms with Crippen LogP contribution in [0.4, 0.5) is 4.79 Å². The van der Waals surface area contributed by atoms with Gasteiger partial charge < -0.3 is 19.9 Å². The van der Waals surface area contributed by atoms with Crippen molar-refractivity contribution in [1.82, 2.24) is 20.2 Å². The molecule has 24 heavy (non-hydrogen) atoms. The maximum Gasteiger partial charge on any atom is 0.318 e. The van der Waals surface area contributed by atoms with Crippen molar-refractivity contribution in [3.63, 3.8) is 0 Å². The Hall–Kier alpha value is -2.21. The molecule has 1 unspecified atom stereocenters. The van der Waals surface area contributed by atoms with Gasteiger partial charge in [0.1, 0.15) is 11.6 Å². The van der Waals surface area contributed by atoms with Gasteiger partial charge >= 0.3 is 6.03 Å². The smallest absolute Gasteiger partial charge is 0.318 e. The van der Waals surface area contributed by atoms with E-state index in [1.165, 1.54) is 0 Å². The van der Waals surface area contributed by atoms with Crippen molar-refractivity contribution in [3.05, 3.63) is 46.5 Å². The van der Waals surface area contributed by atoms with Gasteiger partial charge in [-0.05, 0) is 31.5 Å². The number of nitrogens with one attached hydrogen (secondary N) is 2. The summed E-state index contributed by atoms with van der Waals surface area (Å²) < 4.78 is 5.32. The lowest BCUT2D eigenvalue weighted by atomic mass is 10.2. The predicted molar refractivity (Wildman–Crippen MR) is 94.4 cm³/mol. The standard InChI is InChI=1S/C17H23ClN4O2/c1-5-14(16-19-9-11(2)20-16)21-17(23)22(3)10-12-8-13(18)6-7-15(12)24-4/h6-9,14H,5,10H2,1-4H3,(H,19,20)(H,21,23). The molecule has 1 atom stereocenters. The van der Waals surface area contributed by atoms with Gasteiger partial charge in [0.15, 0.2) is 0 Å². The van der Waals surface area contributed by atoms with Gasteiger partial charge in [0.25, 0.3) is 0 Å². The lowest BCUT2D eigenvalue weighted by Crippen LogP contribution is -2.39. The normalized spacial score (nSPS) is 11.9. The van der Waals surface area contributed by atoms with Gasteiger partial charge in [-0.2, -0.15) is 0 Å². The van der Waals surface area contributed by atoms with Crippen LogP contribution in [0.1, 0.15) is 36.5 Å². The molecule has 0 spiro atoms. The van der Waals surface area contributed by atoms with E-state index in [0.717, 1.165) is 23.5 Å². The monoisotopic (exact) mass is 350 g/mol. The topological polar surface area (TPSA) is 70.2 Å². The number of aryl methyl sites for hydroxylation is 1. The Morgan fingerprint density at radius 1 is 1.50 bits per heavy atom. The number of nitrogens with zero attached hydrogens (tertiary/aromatic N) is 2. The van der Waals surface area contributed by atoms with Crippen LogP contribution in [-0.4, -0.2) is 35.1 Å². The summed E-state index contributed by atoms with van der Waals surface area (Å²) in [5.41, 5.74) is 1.82. The first kappa shape index (κ1) is 18.1. The maximum absolute atomic E-state index is 12.5. The van der Waals surface area contributed by atoms with Gasteiger partial charge in [-0.25, -0.2) is 9.78 Å². The number of aromatic amines is 1. The number of rotatable bonds is 6. The van der Waals surface area contributed by atoms with Crippen LogP contribution in [0, 0.1) is 6.92 Å². The van der Waals surface area contributed by atoms with Crippen molar-refractivity contribution in [2.45, 2.75) is 32.9 Å². The predicted octanol–water partition coefficient (Wildman–Crippen LogP) is 3.67. The number of carbonyl (C=O) groups is 1. The molecule has 1 heterocycles. The van der Waals surface area contributed by atoms with Gasteiger partial charge in [-0.15, -0.1) is 0 Å². The molecule has 2 N–H and O–H groups in total. The highest BCUT2D eigenvalue weighted by Gasteiger charge is 2.19. The van der Waals surface area contributed by atoms with Gasteiger partial charge in [0.2, 0.25) is 0 Å². The minimum atomic E-state index is -0.182. The maximum atomic E-state index is 12.5. The number of carbonyl (C=O) groups excluding carboxylic acids is 1. The van der Waals surface area contributed by atoms with Crippen LogP contribution in [0.2, 0.25) is 5.02 Å². The van der Waals surface area contributed by atoms with E-state index in [9.17, 15) is 4.79 Å². The molecule has 6 nitrogen and oxygen atoms in total. The number of methoxy groups -OCH3 is 1. The molecule has 0 saturated carbocycles. The van der Waals surface area contributed by atoms with Gasteiger partial charge in [0, 0.05) is 29.5 Å². The second-order valence-electron chi connectivity index (χ2n) is 5.67. The molecule has 1 aromatic heterocycles. The molecular formula is C17H23ClN4O2. The van der Waals surface area contributed by atoms with E-state index in [-0.39, 0.29) is 12.1 Å². The summed E-state index contributed by atoms with van der Waals surface area (Å²) >= 11 is 6.04. The molecular weight excluding hydrogens is 328 g/mol. The molecule has 0 aliphatic heterocycles. The van der Waals surface area contributed by atoms with E-state index in [4.69, 9.17) is 16.3 Å². The number of H-pyrrole nitrogens is 1. The van der Waals surface area contributed by atoms with Crippen molar-refractivity contribution in [3.8, 4) is 5.75 Å². The molecule has 2 aromatic rings. The molecule has 0 fully saturated rings. The third-order valence-corrected chi connectivity index (χ3v) is 3.99. The highest BCUT2D eigenvalue weighted by molar-refractivity contribution is 6.30. The largest absolute Gasteiger partial charge is 0.496 e. The average Bonchev–Trinajstić information content (AvgIpc) is 2.98. The molecule has 0 aliphatic carbocycles. The summed E-state index contributed by atoms with van der Waals surface area (Å²) in [6.07, 6.45) is 2.50. The molecule has 2 amide bonds. The number of imidazole rings is 1. The van der Waals surface area contributed by atoms with E-state index >= 15 is 0 Å². The van der Waals surface area contributed by atoms with E-state index in [0.29, 0.717) is 17.3 Å². The van der Waals surface area contributed by atoms with E-state index in [2.05, 4.69) is 15.3 Å². The minimum absolute atomic E-state index is 0.157. The van der Waals surface area contributed by atoms with Gasteiger partial charge in [-0.1, -0.05) is 18.5 Å². The van der Waals surface area contributed by atoms with Gasteiger partial charge in [-0.3, -0.25) is 0 Å². The quantitative estimate of drug-likeness (QED) is 0.835. The van der Waals surface area contributed by atoms with Crippen LogP contribution in [0.3, 0.4) is 0 Å². The van der Waals surface area contributed by atoms with E-state index in [1.54, 1.807) is 43.5 Å². The fourth-order valence-electron chi connectivity index (χ4n) is 2.43. The summed E-state index contributed by atoms with van der Waals surface area (Å²) in [5, 5.41) is 3.60. The Bertz CT molecular complexity index is 702. The summed E-state index contributed by atoms with van der Waals surface area (Å²) in [6.45, 7) is 4.33. The van der Waals surface area contributed by atoms with Crippen LogP contribution in [-0.2, 0) is 6.54 Å². The third kappa shape index (κ3) is 4.41. The molecule has 1 aromatic carbocycles. The SMILES string of the molecule is CCC(NC(=O)N(C)Cc1cc(Cl)ccc1OC)c1ncc(C)[nH]1. The zero-order valence-corrected chi connectivity index (χ0v) is 15.1. The second-order valence-corrected chi connectivity index (χ2v) is 6.11. The molecule has 2 rings (SSSR count). The summed E-state index contributed by atoms with van der Waals surface area (Å²) in [7, 11) is 3.33. The lowest BCUT2D eigenvalue weighted by Gasteiger charge is -2.23.